The molecule has 11 heteroatoms. The van der Waals surface area contributed by atoms with Crippen molar-refractivity contribution in [2.45, 2.75) is 12.1 Å². The molecule has 0 spiro atoms. The van der Waals surface area contributed by atoms with E-state index < -0.39 is 12.1 Å². The summed E-state index contributed by atoms with van der Waals surface area (Å²) in [5, 5.41) is 23.2. The number of carbonyl (C=O) groups excluding carboxylic acids is 1. The van der Waals surface area contributed by atoms with Crippen LogP contribution < -0.4 is 16.0 Å². The van der Waals surface area contributed by atoms with Gasteiger partial charge >= 0.3 is 0 Å². The van der Waals surface area contributed by atoms with Crippen LogP contribution in [-0.4, -0.2) is 63.0 Å². The van der Waals surface area contributed by atoms with Gasteiger partial charge in [-0.2, -0.15) is 9.61 Å². The number of nitrogens with one attached hydrogen (secondary N) is 3. The van der Waals surface area contributed by atoms with Crippen LogP contribution in [-0.2, 0) is 4.74 Å². The molecule has 0 saturated carbocycles. The number of para-hydroxylation sites is 1. The molecular formula is C19H19N7O4. The summed E-state index contributed by atoms with van der Waals surface area (Å²) in [6, 6.07) is 6.84. The number of aliphatic hydroxyl groups excluding tert-OH is 1. The molecule has 0 bridgehead atoms. The fourth-order valence-corrected chi connectivity index (χ4v) is 3.42. The zero-order chi connectivity index (χ0) is 20.7. The molecule has 0 aliphatic carbocycles. The van der Waals surface area contributed by atoms with Crippen LogP contribution in [0.1, 0.15) is 10.4 Å². The molecule has 4 heterocycles. The quantitative estimate of drug-likeness (QED) is 0.382. The molecule has 1 amide bonds. The van der Waals surface area contributed by atoms with Crippen molar-refractivity contribution < 1.29 is 19.1 Å². The van der Waals surface area contributed by atoms with E-state index in [0.29, 0.717) is 28.4 Å². The second-order valence-electron chi connectivity index (χ2n) is 6.88. The lowest BCUT2D eigenvalue weighted by atomic mass is 10.2. The van der Waals surface area contributed by atoms with Crippen molar-refractivity contribution in [2.75, 3.05) is 30.9 Å². The van der Waals surface area contributed by atoms with Crippen LogP contribution in [0.3, 0.4) is 0 Å². The van der Waals surface area contributed by atoms with Crippen LogP contribution in [0.15, 0.2) is 41.3 Å². The molecule has 0 radical (unpaired) electrons. The number of anilines is 3. The molecule has 5 rings (SSSR count). The summed E-state index contributed by atoms with van der Waals surface area (Å²) in [4.78, 5) is 21.6. The summed E-state index contributed by atoms with van der Waals surface area (Å²) in [6.07, 6.45) is 2.09. The average molecular weight is 409 g/mol. The first-order chi connectivity index (χ1) is 14.6. The van der Waals surface area contributed by atoms with Crippen LogP contribution in [0, 0.1) is 0 Å². The number of hydrogen-bond acceptors (Lipinski definition) is 9. The van der Waals surface area contributed by atoms with Gasteiger partial charge in [0, 0.05) is 13.1 Å². The monoisotopic (exact) mass is 409 g/mol. The Kier molecular flexibility index (Phi) is 4.45. The molecule has 3 aromatic heterocycles. The molecule has 2 atom stereocenters. The van der Waals surface area contributed by atoms with Crippen molar-refractivity contribution in [2.24, 2.45) is 0 Å². The summed E-state index contributed by atoms with van der Waals surface area (Å²) < 4.78 is 12.1. The number of fused-ring (bicyclic) bond motifs is 2. The summed E-state index contributed by atoms with van der Waals surface area (Å²) in [5.41, 5.74) is 2.69. The number of ether oxygens (including phenoxy) is 1. The highest BCUT2D eigenvalue weighted by molar-refractivity contribution is 6.00. The van der Waals surface area contributed by atoms with Gasteiger partial charge in [0.25, 0.3) is 5.91 Å². The lowest BCUT2D eigenvalue weighted by Crippen LogP contribution is -2.42. The number of amides is 1. The number of rotatable bonds is 5. The number of benzene rings is 1. The number of hydrogen-bond donors (Lipinski definition) is 4. The average Bonchev–Trinajstić information content (AvgIpc) is 3.48. The van der Waals surface area contributed by atoms with Crippen LogP contribution in [0.25, 0.3) is 16.7 Å². The highest BCUT2D eigenvalue weighted by Gasteiger charge is 2.29. The summed E-state index contributed by atoms with van der Waals surface area (Å²) in [7, 11) is 1.75. The van der Waals surface area contributed by atoms with Gasteiger partial charge in [0.15, 0.2) is 17.6 Å². The minimum absolute atomic E-state index is 0.198. The minimum atomic E-state index is -0.739. The van der Waals surface area contributed by atoms with E-state index in [1.54, 1.807) is 17.6 Å². The van der Waals surface area contributed by atoms with Gasteiger partial charge in [0.05, 0.1) is 37.2 Å². The first-order valence-corrected chi connectivity index (χ1v) is 9.36. The highest BCUT2D eigenvalue weighted by atomic mass is 16.5. The molecule has 30 heavy (non-hydrogen) atoms. The van der Waals surface area contributed by atoms with Crippen molar-refractivity contribution >= 4 is 40.0 Å². The molecule has 4 N–H and O–H groups in total. The van der Waals surface area contributed by atoms with Crippen LogP contribution in [0.4, 0.5) is 17.3 Å². The van der Waals surface area contributed by atoms with E-state index in [0.717, 1.165) is 5.69 Å². The van der Waals surface area contributed by atoms with Gasteiger partial charge in [-0.05, 0) is 12.1 Å². The Morgan fingerprint density at radius 3 is 3.03 bits per heavy atom. The number of aliphatic hydroxyl groups is 1. The maximum absolute atomic E-state index is 12.8. The third-order valence-electron chi connectivity index (χ3n) is 4.96. The number of oxazole rings is 1. The Bertz CT molecular complexity index is 1230. The molecule has 11 nitrogen and oxygen atoms in total. The molecule has 1 fully saturated rings. The van der Waals surface area contributed by atoms with E-state index in [1.807, 2.05) is 18.2 Å². The van der Waals surface area contributed by atoms with Gasteiger partial charge in [-0.15, -0.1) is 0 Å². The fourth-order valence-electron chi connectivity index (χ4n) is 3.42. The Balaban J connectivity index is 1.51. The predicted octanol–water partition coefficient (Wildman–Crippen LogP) is 1.15. The lowest BCUT2D eigenvalue weighted by Gasteiger charge is -2.14. The summed E-state index contributed by atoms with van der Waals surface area (Å²) in [6.45, 7) is 0.458. The van der Waals surface area contributed by atoms with Gasteiger partial charge in [-0.25, -0.2) is 9.97 Å². The molecular weight excluding hydrogens is 390 g/mol. The number of carbonyl (C=O) groups is 1. The van der Waals surface area contributed by atoms with Crippen LogP contribution in [0.5, 0.6) is 0 Å². The van der Waals surface area contributed by atoms with Gasteiger partial charge in [-0.3, -0.25) is 4.79 Å². The summed E-state index contributed by atoms with van der Waals surface area (Å²) in [5.74, 6) is 0.754. The number of aromatic nitrogens is 4. The van der Waals surface area contributed by atoms with E-state index in [1.165, 1.54) is 12.6 Å². The van der Waals surface area contributed by atoms with Gasteiger partial charge < -0.3 is 30.2 Å². The highest BCUT2D eigenvalue weighted by Crippen LogP contribution is 2.26. The van der Waals surface area contributed by atoms with Gasteiger partial charge in [0.1, 0.15) is 22.7 Å². The van der Waals surface area contributed by atoms with Crippen LogP contribution >= 0.6 is 0 Å². The third kappa shape index (κ3) is 3.09. The molecule has 4 aromatic rings. The number of nitrogens with zero attached hydrogens (tertiary/aromatic N) is 4. The van der Waals surface area contributed by atoms with Crippen molar-refractivity contribution in [1.29, 1.82) is 0 Å². The maximum atomic E-state index is 12.8. The Labute approximate surface area is 170 Å². The van der Waals surface area contributed by atoms with Crippen molar-refractivity contribution in [1.82, 2.24) is 24.9 Å². The third-order valence-corrected chi connectivity index (χ3v) is 4.96. The van der Waals surface area contributed by atoms with Gasteiger partial charge in [-0.1, -0.05) is 6.07 Å². The fraction of sp³-hybridized carbons (Fsp3) is 0.263. The molecule has 1 saturated heterocycles. The lowest BCUT2D eigenvalue weighted by molar-refractivity contribution is 0.0888. The van der Waals surface area contributed by atoms with Crippen molar-refractivity contribution in [3.05, 3.63) is 42.4 Å². The Morgan fingerprint density at radius 1 is 1.33 bits per heavy atom. The summed E-state index contributed by atoms with van der Waals surface area (Å²) >= 11 is 0. The minimum Gasteiger partial charge on any atom is -0.443 e. The second-order valence-corrected chi connectivity index (χ2v) is 6.88. The largest absolute Gasteiger partial charge is 0.443 e. The smallest absolute Gasteiger partial charge is 0.257 e. The first kappa shape index (κ1) is 18.3. The van der Waals surface area contributed by atoms with Gasteiger partial charge in [0.2, 0.25) is 0 Å². The van der Waals surface area contributed by atoms with E-state index in [4.69, 9.17) is 9.15 Å². The zero-order valence-electron chi connectivity index (χ0n) is 16.0. The van der Waals surface area contributed by atoms with Crippen molar-refractivity contribution in [3.63, 3.8) is 0 Å². The SMILES string of the molecule is CNc1cc(Nc2cccc3ocnc23)nc2c(C(=O)N[C@@H]3COC[C@@H]3O)cnn12. The first-order valence-electron chi connectivity index (χ1n) is 9.36. The molecule has 154 valence electrons. The normalized spacial score (nSPS) is 18.7. The zero-order valence-corrected chi connectivity index (χ0v) is 16.0. The maximum Gasteiger partial charge on any atom is 0.257 e. The molecule has 1 aliphatic rings. The van der Waals surface area contributed by atoms with Crippen molar-refractivity contribution in [3.8, 4) is 0 Å². The Hall–Kier alpha value is -3.70. The van der Waals surface area contributed by atoms with Crippen LogP contribution in [0.2, 0.25) is 0 Å². The Morgan fingerprint density at radius 2 is 2.23 bits per heavy atom. The molecule has 1 aromatic carbocycles. The standard InChI is InChI=1S/C19H19N7O4/c1-20-16-5-15(23-11-3-2-4-14-17(11)21-9-30-14)25-18-10(6-22-26(16)18)19(28)24-12-7-29-8-13(12)27/h2-6,9,12-13,20,27H,7-8H2,1H3,(H,23,25)(H,24,28)/t12-,13+/m1/s1. The van der Waals surface area contributed by atoms with E-state index in [2.05, 4.69) is 31.0 Å². The topological polar surface area (TPSA) is 139 Å². The molecule has 1 aliphatic heterocycles. The second kappa shape index (κ2) is 7.28. The predicted molar refractivity (Wildman–Crippen MR) is 108 cm³/mol. The van der Waals surface area contributed by atoms with E-state index >= 15 is 0 Å². The molecule has 0 unspecified atom stereocenters. The van der Waals surface area contributed by atoms with E-state index in [9.17, 15) is 9.90 Å². The van der Waals surface area contributed by atoms with E-state index in [-0.39, 0.29) is 24.7 Å².